The highest BCUT2D eigenvalue weighted by Crippen LogP contribution is 2.26. The van der Waals surface area contributed by atoms with Gasteiger partial charge in [0.2, 0.25) is 0 Å². The second-order valence-corrected chi connectivity index (χ2v) is 5.68. The number of aromatic nitrogens is 2. The summed E-state index contributed by atoms with van der Waals surface area (Å²) in [6.07, 6.45) is -1.70. The zero-order chi connectivity index (χ0) is 18.6. The molecule has 2 rings (SSSR count). The molecule has 2 aromatic rings. The first kappa shape index (κ1) is 18.4. The lowest BCUT2D eigenvalue weighted by Gasteiger charge is -2.25. The van der Waals surface area contributed by atoms with Gasteiger partial charge >= 0.3 is 12.0 Å². The van der Waals surface area contributed by atoms with Crippen molar-refractivity contribution in [2.24, 2.45) is 7.05 Å². The number of anilines is 1. The first-order valence-corrected chi connectivity index (χ1v) is 7.39. The van der Waals surface area contributed by atoms with Crippen molar-refractivity contribution >= 4 is 17.7 Å². The average Bonchev–Trinajstić information content (AvgIpc) is 2.93. The number of carbonyl (C=O) groups is 2. The number of carbonyl (C=O) groups excluding carboxylic acids is 1. The van der Waals surface area contributed by atoms with Gasteiger partial charge in [-0.15, -0.1) is 0 Å². The molecule has 0 aliphatic carbocycles. The fourth-order valence-corrected chi connectivity index (χ4v) is 2.33. The summed E-state index contributed by atoms with van der Waals surface area (Å²) in [7, 11) is 1.33. The van der Waals surface area contributed by atoms with Gasteiger partial charge < -0.3 is 15.7 Å². The number of hydrogen-bond donors (Lipinski definition) is 3. The minimum Gasteiger partial charge on any atom is -0.481 e. The Bertz CT molecular complexity index is 764. The van der Waals surface area contributed by atoms with Gasteiger partial charge in [-0.25, -0.2) is 13.6 Å². The van der Waals surface area contributed by atoms with E-state index < -0.39 is 29.5 Å². The van der Waals surface area contributed by atoms with Gasteiger partial charge in [0.05, 0.1) is 11.9 Å². The van der Waals surface area contributed by atoms with Crippen molar-refractivity contribution in [1.82, 2.24) is 15.1 Å². The van der Waals surface area contributed by atoms with E-state index >= 15 is 0 Å². The number of aryl methyl sites for hydroxylation is 1. The number of hydrogen-bond acceptors (Lipinski definition) is 3. The van der Waals surface area contributed by atoms with Gasteiger partial charge in [0.25, 0.3) is 6.43 Å². The van der Waals surface area contributed by atoms with E-state index in [0.29, 0.717) is 5.56 Å². The quantitative estimate of drug-likeness (QED) is 0.744. The molecule has 9 heteroatoms. The molecule has 1 aromatic carbocycles. The van der Waals surface area contributed by atoms with Crippen molar-refractivity contribution in [2.45, 2.75) is 18.8 Å². The van der Waals surface area contributed by atoms with E-state index in [9.17, 15) is 23.5 Å². The molecule has 1 aromatic heterocycles. The Labute approximate surface area is 142 Å². The van der Waals surface area contributed by atoms with Crippen LogP contribution in [0.1, 0.15) is 24.6 Å². The van der Waals surface area contributed by atoms with Crippen LogP contribution in [-0.2, 0) is 17.3 Å². The van der Waals surface area contributed by atoms with Gasteiger partial charge in [0, 0.05) is 13.6 Å². The van der Waals surface area contributed by atoms with Crippen LogP contribution in [-0.4, -0.2) is 33.4 Å². The van der Waals surface area contributed by atoms with Crippen LogP contribution in [0.5, 0.6) is 0 Å². The summed E-state index contributed by atoms with van der Waals surface area (Å²) in [5.41, 5.74) is -1.41. The standard InChI is InChI=1S/C16H18F2N4O3/c1-16(14(23)24,10-6-4-3-5-7-10)9-19-15(25)21-11-8-20-22(2)12(11)13(17)18/h3-8,13H,9H2,1-2H3,(H,23,24)(H2,19,21,25). The lowest BCUT2D eigenvalue weighted by Crippen LogP contribution is -2.45. The van der Waals surface area contributed by atoms with Crippen LogP contribution >= 0.6 is 0 Å². The third-order valence-electron chi connectivity index (χ3n) is 3.92. The van der Waals surface area contributed by atoms with Crippen LogP contribution in [0.4, 0.5) is 19.3 Å². The number of carboxylic acid groups (broad SMARTS) is 1. The predicted molar refractivity (Wildman–Crippen MR) is 86.6 cm³/mol. The molecule has 1 heterocycles. The highest BCUT2D eigenvalue weighted by molar-refractivity contribution is 5.90. The summed E-state index contributed by atoms with van der Waals surface area (Å²) in [5, 5.41) is 17.9. The number of aliphatic carboxylic acids is 1. The summed E-state index contributed by atoms with van der Waals surface area (Å²) in [6.45, 7) is 1.25. The molecule has 134 valence electrons. The monoisotopic (exact) mass is 352 g/mol. The SMILES string of the molecule is Cn1ncc(NC(=O)NCC(C)(C(=O)O)c2ccccc2)c1C(F)F. The summed E-state index contributed by atoms with van der Waals surface area (Å²) in [4.78, 5) is 23.7. The Kier molecular flexibility index (Phi) is 5.35. The maximum Gasteiger partial charge on any atom is 0.319 e. The Morgan fingerprint density at radius 2 is 1.96 bits per heavy atom. The second-order valence-electron chi connectivity index (χ2n) is 5.68. The molecule has 2 amide bonds. The summed E-state index contributed by atoms with van der Waals surface area (Å²) < 4.78 is 26.9. The number of nitrogens with zero attached hydrogens (tertiary/aromatic N) is 2. The molecule has 3 N–H and O–H groups in total. The van der Waals surface area contributed by atoms with Gasteiger partial charge in [0.15, 0.2) is 0 Å². The summed E-state index contributed by atoms with van der Waals surface area (Å²) >= 11 is 0. The topological polar surface area (TPSA) is 96.3 Å². The fraction of sp³-hybridized carbons (Fsp3) is 0.312. The van der Waals surface area contributed by atoms with Crippen LogP contribution in [0.2, 0.25) is 0 Å². The molecule has 25 heavy (non-hydrogen) atoms. The smallest absolute Gasteiger partial charge is 0.319 e. The van der Waals surface area contributed by atoms with Crippen LogP contribution in [0, 0.1) is 0 Å². The van der Waals surface area contributed by atoms with E-state index in [4.69, 9.17) is 0 Å². The average molecular weight is 352 g/mol. The van der Waals surface area contributed by atoms with E-state index in [1.807, 2.05) is 0 Å². The molecule has 1 atom stereocenters. The van der Waals surface area contributed by atoms with Crippen LogP contribution in [0.25, 0.3) is 0 Å². The van der Waals surface area contributed by atoms with Gasteiger partial charge in [-0.05, 0) is 12.5 Å². The molecule has 0 fully saturated rings. The Morgan fingerprint density at radius 3 is 2.52 bits per heavy atom. The molecule has 0 radical (unpaired) electrons. The largest absolute Gasteiger partial charge is 0.481 e. The molecule has 1 unspecified atom stereocenters. The fourth-order valence-electron chi connectivity index (χ4n) is 2.33. The molecular weight excluding hydrogens is 334 g/mol. The summed E-state index contributed by atoms with van der Waals surface area (Å²) in [6, 6.07) is 7.63. The number of alkyl halides is 2. The van der Waals surface area contributed by atoms with Crippen molar-refractivity contribution in [2.75, 3.05) is 11.9 Å². The Balaban J connectivity index is 2.09. The van der Waals surface area contributed by atoms with E-state index in [0.717, 1.165) is 10.9 Å². The molecule has 0 bridgehead atoms. The van der Waals surface area contributed by atoms with Crippen molar-refractivity contribution in [3.05, 3.63) is 47.8 Å². The Hall–Kier alpha value is -2.97. The van der Waals surface area contributed by atoms with Crippen LogP contribution < -0.4 is 10.6 Å². The van der Waals surface area contributed by atoms with E-state index in [1.165, 1.54) is 14.0 Å². The molecule has 0 spiro atoms. The van der Waals surface area contributed by atoms with Gasteiger partial charge in [-0.2, -0.15) is 5.10 Å². The normalized spacial score (nSPS) is 13.3. The number of nitrogens with one attached hydrogen (secondary N) is 2. The lowest BCUT2D eigenvalue weighted by molar-refractivity contribution is -0.142. The van der Waals surface area contributed by atoms with E-state index in [1.54, 1.807) is 30.3 Å². The number of urea groups is 1. The maximum absolute atomic E-state index is 13.0. The van der Waals surface area contributed by atoms with Gasteiger partial charge in [0.1, 0.15) is 11.1 Å². The molecule has 0 aliphatic heterocycles. The highest BCUT2D eigenvalue weighted by Gasteiger charge is 2.35. The predicted octanol–water partition coefficient (Wildman–Crippen LogP) is 2.52. The Morgan fingerprint density at radius 1 is 1.32 bits per heavy atom. The first-order valence-electron chi connectivity index (χ1n) is 7.39. The number of rotatable bonds is 6. The summed E-state index contributed by atoms with van der Waals surface area (Å²) in [5.74, 6) is -1.12. The number of carboxylic acids is 1. The zero-order valence-corrected chi connectivity index (χ0v) is 13.7. The number of amides is 2. The van der Waals surface area contributed by atoms with Crippen molar-refractivity contribution in [3.8, 4) is 0 Å². The first-order chi connectivity index (χ1) is 11.8. The maximum atomic E-state index is 13.0. The molecular formula is C16H18F2N4O3. The van der Waals surface area contributed by atoms with Crippen molar-refractivity contribution < 1.29 is 23.5 Å². The zero-order valence-electron chi connectivity index (χ0n) is 13.7. The highest BCUT2D eigenvalue weighted by atomic mass is 19.3. The van der Waals surface area contributed by atoms with E-state index in [-0.39, 0.29) is 12.2 Å². The van der Waals surface area contributed by atoms with E-state index in [2.05, 4.69) is 15.7 Å². The van der Waals surface area contributed by atoms with Crippen LogP contribution in [0.15, 0.2) is 36.5 Å². The van der Waals surface area contributed by atoms with Crippen molar-refractivity contribution in [1.29, 1.82) is 0 Å². The van der Waals surface area contributed by atoms with Gasteiger partial charge in [-0.1, -0.05) is 30.3 Å². The molecule has 7 nitrogen and oxygen atoms in total. The third-order valence-corrected chi connectivity index (χ3v) is 3.92. The van der Waals surface area contributed by atoms with Crippen molar-refractivity contribution in [3.63, 3.8) is 0 Å². The van der Waals surface area contributed by atoms with Gasteiger partial charge in [-0.3, -0.25) is 9.48 Å². The number of halogens is 2. The molecule has 0 aliphatic rings. The number of benzene rings is 1. The molecule has 0 saturated carbocycles. The third kappa shape index (κ3) is 3.93. The molecule has 0 saturated heterocycles. The van der Waals surface area contributed by atoms with Crippen LogP contribution in [0.3, 0.4) is 0 Å². The second kappa shape index (κ2) is 7.29. The minimum absolute atomic E-state index is 0.133. The minimum atomic E-state index is -2.81. The lowest BCUT2D eigenvalue weighted by atomic mass is 9.82.